The predicted octanol–water partition coefficient (Wildman–Crippen LogP) is 4.50. The van der Waals surface area contributed by atoms with Crippen molar-refractivity contribution in [2.45, 2.75) is 13.0 Å². The number of Topliss-reactive ketones (excluding diaryl/α,β-unsaturated/α-hetero) is 1. The van der Waals surface area contributed by atoms with Crippen molar-refractivity contribution in [3.63, 3.8) is 0 Å². The molecule has 3 rings (SSSR count). The van der Waals surface area contributed by atoms with Crippen LogP contribution in [0.4, 0.5) is 17.1 Å². The van der Waals surface area contributed by atoms with Crippen molar-refractivity contribution in [3.8, 4) is 0 Å². The number of nitro benzene ring substituents is 3. The van der Waals surface area contributed by atoms with Crippen LogP contribution in [0.3, 0.4) is 0 Å². The molecule has 12 heteroatoms. The molecule has 0 saturated heterocycles. The number of non-ortho nitro benzene ring substituents is 2. The van der Waals surface area contributed by atoms with Crippen LogP contribution in [0.2, 0.25) is 0 Å². The number of carbonyl (C=O) groups is 2. The largest absolute Gasteiger partial charge is 0.445 e. The molecule has 0 saturated carbocycles. The Bertz CT molecular complexity index is 1310. The van der Waals surface area contributed by atoms with Gasteiger partial charge in [0, 0.05) is 34.9 Å². The molecular weight excluding hydrogens is 450 g/mol. The van der Waals surface area contributed by atoms with Crippen LogP contribution in [0, 0.1) is 37.3 Å². The third-order valence-corrected chi connectivity index (χ3v) is 4.92. The van der Waals surface area contributed by atoms with Gasteiger partial charge in [0.1, 0.15) is 0 Å². The van der Waals surface area contributed by atoms with Crippen molar-refractivity contribution in [1.29, 1.82) is 0 Å². The van der Waals surface area contributed by atoms with E-state index in [1.165, 1.54) is 31.2 Å². The van der Waals surface area contributed by atoms with E-state index in [4.69, 9.17) is 4.74 Å². The lowest BCUT2D eigenvalue weighted by molar-refractivity contribution is -0.394. The summed E-state index contributed by atoms with van der Waals surface area (Å²) in [5.74, 6) is -1.88. The maximum atomic E-state index is 13.1. The van der Waals surface area contributed by atoms with Crippen LogP contribution in [-0.2, 0) is 4.74 Å². The molecule has 12 nitrogen and oxygen atoms in total. The van der Waals surface area contributed by atoms with Gasteiger partial charge in [0.05, 0.1) is 26.4 Å². The molecule has 0 heterocycles. The van der Waals surface area contributed by atoms with Crippen LogP contribution in [0.15, 0.2) is 66.7 Å². The molecule has 0 aromatic heterocycles. The van der Waals surface area contributed by atoms with Crippen LogP contribution in [0.5, 0.6) is 0 Å². The highest BCUT2D eigenvalue weighted by molar-refractivity contribution is 6.02. The van der Waals surface area contributed by atoms with E-state index in [0.29, 0.717) is 0 Å². The zero-order chi connectivity index (χ0) is 25.0. The first kappa shape index (κ1) is 23.7. The van der Waals surface area contributed by atoms with E-state index in [2.05, 4.69) is 0 Å². The van der Waals surface area contributed by atoms with Gasteiger partial charge in [-0.2, -0.15) is 0 Å². The molecule has 1 atom stereocenters. The highest BCUT2D eigenvalue weighted by atomic mass is 16.6. The van der Waals surface area contributed by atoms with Crippen molar-refractivity contribution in [2.75, 3.05) is 0 Å². The Morgan fingerprint density at radius 2 is 1.38 bits per heavy atom. The SMILES string of the molecule is Cc1c(C(=O)O[C@@H](C(=O)c2ccccc2)c2ccc([N+](=O)[O-])cc2)cc([N+](=O)[O-])cc1[N+](=O)[O-]. The quantitative estimate of drug-likeness (QED) is 0.201. The lowest BCUT2D eigenvalue weighted by Gasteiger charge is -2.18. The standard InChI is InChI=1S/C22H15N3O9/c1-13-18(11-17(24(30)31)12-19(13)25(32)33)22(27)34-21(20(26)14-5-3-2-4-6-14)15-7-9-16(10-8-15)23(28)29/h2-12,21H,1H3/t21-/m1/s1. The molecule has 0 amide bonds. The second-order valence-corrected chi connectivity index (χ2v) is 7.02. The number of ether oxygens (including phenoxy) is 1. The fourth-order valence-corrected chi connectivity index (χ4v) is 3.16. The van der Waals surface area contributed by atoms with Gasteiger partial charge in [-0.3, -0.25) is 35.1 Å². The Balaban J connectivity index is 2.07. The first-order chi connectivity index (χ1) is 16.1. The fraction of sp³-hybridized carbons (Fsp3) is 0.0909. The molecule has 0 N–H and O–H groups in total. The predicted molar refractivity (Wildman–Crippen MR) is 117 cm³/mol. The zero-order valence-electron chi connectivity index (χ0n) is 17.4. The van der Waals surface area contributed by atoms with Crippen molar-refractivity contribution in [1.82, 2.24) is 0 Å². The molecule has 0 unspecified atom stereocenters. The summed E-state index contributed by atoms with van der Waals surface area (Å²) >= 11 is 0. The van der Waals surface area contributed by atoms with Crippen molar-refractivity contribution < 1.29 is 29.1 Å². The number of hydrogen-bond acceptors (Lipinski definition) is 9. The van der Waals surface area contributed by atoms with Crippen LogP contribution in [0.25, 0.3) is 0 Å². The molecular formula is C22H15N3O9. The summed E-state index contributed by atoms with van der Waals surface area (Å²) in [6.07, 6.45) is -1.58. The minimum atomic E-state index is -1.58. The molecule has 0 aliphatic carbocycles. The monoisotopic (exact) mass is 465 g/mol. The van der Waals surface area contributed by atoms with Gasteiger partial charge in [0.25, 0.3) is 17.1 Å². The molecule has 3 aromatic carbocycles. The van der Waals surface area contributed by atoms with Gasteiger partial charge in [-0.25, -0.2) is 4.79 Å². The summed E-state index contributed by atoms with van der Waals surface area (Å²) < 4.78 is 5.39. The molecule has 0 aliphatic heterocycles. The summed E-state index contributed by atoms with van der Waals surface area (Å²) in [6, 6.07) is 14.0. The summed E-state index contributed by atoms with van der Waals surface area (Å²) in [5.41, 5.74) is -2.01. The van der Waals surface area contributed by atoms with Gasteiger partial charge in [-0.05, 0) is 19.1 Å². The zero-order valence-corrected chi connectivity index (χ0v) is 17.4. The summed E-state index contributed by atoms with van der Waals surface area (Å²) in [6.45, 7) is 1.22. The van der Waals surface area contributed by atoms with E-state index in [-0.39, 0.29) is 22.4 Å². The Kier molecular flexibility index (Phi) is 6.71. The number of esters is 1. The number of nitrogens with zero attached hydrogens (tertiary/aromatic N) is 3. The topological polar surface area (TPSA) is 173 Å². The number of carbonyl (C=O) groups excluding carboxylic acids is 2. The number of nitro groups is 3. The molecule has 172 valence electrons. The molecule has 3 aromatic rings. The van der Waals surface area contributed by atoms with E-state index >= 15 is 0 Å². The van der Waals surface area contributed by atoms with Crippen LogP contribution < -0.4 is 0 Å². The molecule has 0 bridgehead atoms. The van der Waals surface area contributed by atoms with Gasteiger partial charge in [0.2, 0.25) is 5.78 Å². The molecule has 0 radical (unpaired) electrons. The summed E-state index contributed by atoms with van der Waals surface area (Å²) in [5, 5.41) is 33.5. The Morgan fingerprint density at radius 3 is 1.91 bits per heavy atom. The van der Waals surface area contributed by atoms with E-state index in [9.17, 15) is 39.9 Å². The van der Waals surface area contributed by atoms with Crippen LogP contribution in [0.1, 0.15) is 37.9 Å². The van der Waals surface area contributed by atoms with Gasteiger partial charge in [-0.15, -0.1) is 0 Å². The fourth-order valence-electron chi connectivity index (χ4n) is 3.16. The molecule has 0 aliphatic rings. The minimum absolute atomic E-state index is 0.102. The lowest BCUT2D eigenvalue weighted by atomic mass is 9.99. The van der Waals surface area contributed by atoms with Gasteiger partial charge in [-0.1, -0.05) is 30.3 Å². The maximum Gasteiger partial charge on any atom is 0.339 e. The lowest BCUT2D eigenvalue weighted by Crippen LogP contribution is -2.21. The number of ketones is 1. The molecule has 0 fully saturated rings. The maximum absolute atomic E-state index is 13.1. The average Bonchev–Trinajstić information content (AvgIpc) is 2.82. The van der Waals surface area contributed by atoms with Crippen LogP contribution in [-0.4, -0.2) is 26.5 Å². The Morgan fingerprint density at radius 1 is 0.794 bits per heavy atom. The van der Waals surface area contributed by atoms with E-state index < -0.39 is 49.6 Å². The Labute approximate surface area is 190 Å². The third-order valence-electron chi connectivity index (χ3n) is 4.92. The van der Waals surface area contributed by atoms with Gasteiger partial charge < -0.3 is 4.74 Å². The number of rotatable bonds is 8. The minimum Gasteiger partial charge on any atom is -0.445 e. The first-order valence-electron chi connectivity index (χ1n) is 9.58. The van der Waals surface area contributed by atoms with E-state index in [1.54, 1.807) is 18.2 Å². The Hall–Kier alpha value is -5.00. The molecule has 0 spiro atoms. The number of hydrogen-bond donors (Lipinski definition) is 0. The summed E-state index contributed by atoms with van der Waals surface area (Å²) in [7, 11) is 0. The third kappa shape index (κ3) is 4.91. The van der Waals surface area contributed by atoms with Gasteiger partial charge >= 0.3 is 5.97 Å². The van der Waals surface area contributed by atoms with E-state index in [0.717, 1.165) is 24.3 Å². The first-order valence-corrected chi connectivity index (χ1v) is 9.58. The number of benzene rings is 3. The smallest absolute Gasteiger partial charge is 0.339 e. The highest BCUT2D eigenvalue weighted by Gasteiger charge is 2.31. The second-order valence-electron chi connectivity index (χ2n) is 7.02. The van der Waals surface area contributed by atoms with Crippen molar-refractivity contribution in [3.05, 3.63) is 119 Å². The van der Waals surface area contributed by atoms with Gasteiger partial charge in [0.15, 0.2) is 6.10 Å². The highest BCUT2D eigenvalue weighted by Crippen LogP contribution is 2.31. The normalized spacial score (nSPS) is 11.3. The molecule has 34 heavy (non-hydrogen) atoms. The van der Waals surface area contributed by atoms with Crippen molar-refractivity contribution in [2.24, 2.45) is 0 Å². The van der Waals surface area contributed by atoms with Crippen LogP contribution >= 0.6 is 0 Å². The summed E-state index contributed by atoms with van der Waals surface area (Å²) in [4.78, 5) is 57.2. The van der Waals surface area contributed by atoms with E-state index in [1.807, 2.05) is 0 Å². The second kappa shape index (κ2) is 9.65. The average molecular weight is 465 g/mol. The van der Waals surface area contributed by atoms with Crippen molar-refractivity contribution >= 4 is 28.8 Å².